The van der Waals surface area contributed by atoms with Crippen molar-refractivity contribution in [3.8, 4) is 0 Å². The second kappa shape index (κ2) is 5.35. The van der Waals surface area contributed by atoms with Gasteiger partial charge >= 0.3 is 5.97 Å². The molecule has 2 rings (SSSR count). The lowest BCUT2D eigenvalue weighted by Crippen LogP contribution is -2.44. The molecule has 0 radical (unpaired) electrons. The highest BCUT2D eigenvalue weighted by atomic mass is 32.1. The summed E-state index contributed by atoms with van der Waals surface area (Å²) < 4.78 is 0. The first-order valence-corrected chi connectivity index (χ1v) is 6.64. The van der Waals surface area contributed by atoms with Gasteiger partial charge in [-0.05, 0) is 12.8 Å². The second-order valence-electron chi connectivity index (χ2n) is 4.34. The largest absolute Gasteiger partial charge is 0.476 e. The van der Waals surface area contributed by atoms with Crippen molar-refractivity contribution in [1.29, 1.82) is 0 Å². The molecule has 3 N–H and O–H groups in total. The molecule has 1 atom stereocenters. The van der Waals surface area contributed by atoms with Crippen LogP contribution < -0.4 is 5.73 Å². The van der Waals surface area contributed by atoms with Gasteiger partial charge in [-0.15, -0.1) is 11.3 Å². The maximum atomic E-state index is 12.1. The molecule has 19 heavy (non-hydrogen) atoms. The van der Waals surface area contributed by atoms with Crippen molar-refractivity contribution < 1.29 is 19.5 Å². The highest BCUT2D eigenvalue weighted by molar-refractivity contribution is 7.11. The van der Waals surface area contributed by atoms with Crippen LogP contribution in [0, 0.1) is 5.92 Å². The van der Waals surface area contributed by atoms with Crippen LogP contribution in [-0.2, 0) is 4.79 Å². The zero-order valence-electron chi connectivity index (χ0n) is 10.0. The number of primary amides is 1. The van der Waals surface area contributed by atoms with Gasteiger partial charge in [-0.3, -0.25) is 9.59 Å². The standard InChI is InChI=1S/C11H13N3O4S/c12-8(15)6-2-1-3-14(4-6)10(16)9-13-7(5-19-9)11(17)18/h5-6H,1-4H2,(H2,12,15)(H,17,18). The molecule has 1 aromatic heterocycles. The number of carboxylic acids is 1. The quantitative estimate of drug-likeness (QED) is 0.821. The van der Waals surface area contributed by atoms with Gasteiger partial charge in [-0.1, -0.05) is 0 Å². The van der Waals surface area contributed by atoms with Crippen LogP contribution in [0.4, 0.5) is 0 Å². The number of likely N-dealkylation sites (tertiary alicyclic amines) is 1. The number of amides is 2. The molecule has 1 aliphatic rings. The molecular formula is C11H13N3O4S. The molecule has 102 valence electrons. The Kier molecular flexibility index (Phi) is 3.79. The summed E-state index contributed by atoms with van der Waals surface area (Å²) in [4.78, 5) is 39.3. The van der Waals surface area contributed by atoms with E-state index in [2.05, 4.69) is 4.98 Å². The molecule has 8 heteroatoms. The lowest BCUT2D eigenvalue weighted by Gasteiger charge is -2.30. The van der Waals surface area contributed by atoms with E-state index in [9.17, 15) is 14.4 Å². The summed E-state index contributed by atoms with van der Waals surface area (Å²) in [5.41, 5.74) is 5.10. The van der Waals surface area contributed by atoms with E-state index < -0.39 is 11.9 Å². The number of carboxylic acid groups (broad SMARTS) is 1. The van der Waals surface area contributed by atoms with E-state index >= 15 is 0 Å². The first-order chi connectivity index (χ1) is 8.99. The molecule has 0 aliphatic carbocycles. The minimum absolute atomic E-state index is 0.127. The Bertz CT molecular complexity index is 528. The number of thiazole rings is 1. The Morgan fingerprint density at radius 2 is 2.21 bits per heavy atom. The molecule has 2 amide bonds. The number of piperidine rings is 1. The zero-order chi connectivity index (χ0) is 14.0. The summed E-state index contributed by atoms with van der Waals surface area (Å²) in [5.74, 6) is -2.26. The Labute approximate surface area is 113 Å². The Hall–Kier alpha value is -1.96. The number of hydrogen-bond acceptors (Lipinski definition) is 5. The van der Waals surface area contributed by atoms with E-state index in [0.717, 1.165) is 11.3 Å². The van der Waals surface area contributed by atoms with Crippen LogP contribution in [0.1, 0.15) is 33.1 Å². The number of rotatable bonds is 3. The van der Waals surface area contributed by atoms with Crippen LogP contribution in [0.3, 0.4) is 0 Å². The highest BCUT2D eigenvalue weighted by Crippen LogP contribution is 2.20. The van der Waals surface area contributed by atoms with Crippen LogP contribution in [0.15, 0.2) is 5.38 Å². The fourth-order valence-corrected chi connectivity index (χ4v) is 2.76. The van der Waals surface area contributed by atoms with E-state index in [1.807, 2.05) is 0 Å². The first kappa shape index (κ1) is 13.5. The third-order valence-corrected chi connectivity index (χ3v) is 3.85. The highest BCUT2D eigenvalue weighted by Gasteiger charge is 2.29. The van der Waals surface area contributed by atoms with Gasteiger partial charge in [0.1, 0.15) is 0 Å². The third kappa shape index (κ3) is 2.90. The fraction of sp³-hybridized carbons (Fsp3) is 0.455. The minimum atomic E-state index is -1.16. The Balaban J connectivity index is 2.10. The van der Waals surface area contributed by atoms with Gasteiger partial charge in [-0.25, -0.2) is 9.78 Å². The average Bonchev–Trinajstić information content (AvgIpc) is 2.87. The second-order valence-corrected chi connectivity index (χ2v) is 5.19. The summed E-state index contributed by atoms with van der Waals surface area (Å²) in [6.07, 6.45) is 1.38. The number of carbonyl (C=O) groups is 3. The van der Waals surface area contributed by atoms with Gasteiger partial charge in [0.15, 0.2) is 10.7 Å². The lowest BCUT2D eigenvalue weighted by atomic mass is 9.97. The summed E-state index contributed by atoms with van der Waals surface area (Å²) >= 11 is 0.990. The van der Waals surface area contributed by atoms with E-state index in [1.54, 1.807) is 0 Å². The molecule has 1 unspecified atom stereocenters. The van der Waals surface area contributed by atoms with E-state index in [-0.39, 0.29) is 29.1 Å². The maximum Gasteiger partial charge on any atom is 0.355 e. The van der Waals surface area contributed by atoms with Gasteiger partial charge in [-0.2, -0.15) is 0 Å². The van der Waals surface area contributed by atoms with Crippen molar-refractivity contribution in [2.45, 2.75) is 12.8 Å². The molecule has 0 aromatic carbocycles. The summed E-state index contributed by atoms with van der Waals surface area (Å²) in [6.45, 7) is 0.806. The van der Waals surface area contributed by atoms with Crippen molar-refractivity contribution in [1.82, 2.24) is 9.88 Å². The van der Waals surface area contributed by atoms with Crippen molar-refractivity contribution in [2.75, 3.05) is 13.1 Å². The fourth-order valence-electron chi connectivity index (χ4n) is 2.00. The Morgan fingerprint density at radius 3 is 2.79 bits per heavy atom. The number of nitrogens with zero attached hydrogens (tertiary/aromatic N) is 2. The van der Waals surface area contributed by atoms with Crippen molar-refractivity contribution in [3.63, 3.8) is 0 Å². The van der Waals surface area contributed by atoms with Crippen LogP contribution >= 0.6 is 11.3 Å². The van der Waals surface area contributed by atoms with Crippen molar-refractivity contribution >= 4 is 29.1 Å². The van der Waals surface area contributed by atoms with Crippen LogP contribution in [0.2, 0.25) is 0 Å². The molecule has 1 fully saturated rings. The summed E-state index contributed by atoms with van der Waals surface area (Å²) in [6, 6.07) is 0. The molecule has 1 aromatic rings. The van der Waals surface area contributed by atoms with Crippen molar-refractivity contribution in [3.05, 3.63) is 16.1 Å². The predicted molar refractivity (Wildman–Crippen MR) is 66.9 cm³/mol. The molecular weight excluding hydrogens is 270 g/mol. The number of aromatic nitrogens is 1. The smallest absolute Gasteiger partial charge is 0.355 e. The summed E-state index contributed by atoms with van der Waals surface area (Å²) in [5, 5.41) is 10.2. The van der Waals surface area contributed by atoms with Crippen LogP contribution in [0.25, 0.3) is 0 Å². The molecule has 1 aliphatic heterocycles. The molecule has 2 heterocycles. The number of aromatic carboxylic acids is 1. The molecule has 7 nitrogen and oxygen atoms in total. The monoisotopic (exact) mass is 283 g/mol. The lowest BCUT2D eigenvalue weighted by molar-refractivity contribution is -0.123. The predicted octanol–water partition coefficient (Wildman–Crippen LogP) is 0.179. The number of hydrogen-bond donors (Lipinski definition) is 2. The summed E-state index contributed by atoms with van der Waals surface area (Å²) in [7, 11) is 0. The molecule has 0 bridgehead atoms. The Morgan fingerprint density at radius 1 is 1.47 bits per heavy atom. The molecule has 1 saturated heterocycles. The van der Waals surface area contributed by atoms with Gasteiger partial charge in [0.25, 0.3) is 5.91 Å². The molecule has 0 saturated carbocycles. The number of carbonyl (C=O) groups excluding carboxylic acids is 2. The normalized spacial score (nSPS) is 19.2. The van der Waals surface area contributed by atoms with Crippen molar-refractivity contribution in [2.24, 2.45) is 11.7 Å². The van der Waals surface area contributed by atoms with Gasteiger partial charge in [0.2, 0.25) is 5.91 Å². The minimum Gasteiger partial charge on any atom is -0.476 e. The van der Waals surface area contributed by atoms with Crippen LogP contribution in [-0.4, -0.2) is 45.9 Å². The van der Waals surface area contributed by atoms with Gasteiger partial charge < -0.3 is 15.7 Å². The van der Waals surface area contributed by atoms with E-state index in [0.29, 0.717) is 19.4 Å². The third-order valence-electron chi connectivity index (χ3n) is 3.02. The maximum absolute atomic E-state index is 12.1. The van der Waals surface area contributed by atoms with E-state index in [1.165, 1.54) is 10.3 Å². The topological polar surface area (TPSA) is 114 Å². The SMILES string of the molecule is NC(=O)C1CCCN(C(=O)c2nc(C(=O)O)cs2)C1. The molecule has 0 spiro atoms. The zero-order valence-corrected chi connectivity index (χ0v) is 10.9. The average molecular weight is 283 g/mol. The first-order valence-electron chi connectivity index (χ1n) is 5.76. The van der Waals surface area contributed by atoms with Crippen LogP contribution in [0.5, 0.6) is 0 Å². The van der Waals surface area contributed by atoms with Gasteiger partial charge in [0, 0.05) is 18.5 Å². The number of nitrogens with two attached hydrogens (primary N) is 1. The van der Waals surface area contributed by atoms with E-state index in [4.69, 9.17) is 10.8 Å². The van der Waals surface area contributed by atoms with Gasteiger partial charge in [0.05, 0.1) is 5.92 Å².